The summed E-state index contributed by atoms with van der Waals surface area (Å²) in [4.78, 5) is 58.9. The quantitative estimate of drug-likeness (QED) is 0.210. The van der Waals surface area contributed by atoms with Crippen LogP contribution in [0, 0.1) is 5.92 Å². The van der Waals surface area contributed by atoms with E-state index in [1.165, 1.54) is 0 Å². The van der Waals surface area contributed by atoms with Crippen molar-refractivity contribution in [2.24, 2.45) is 5.92 Å². The first-order chi connectivity index (χ1) is 15.4. The zero-order valence-electron chi connectivity index (χ0n) is 18.1. The fraction of sp³-hybridized carbons (Fsp3) is 0.500. The largest absolute Gasteiger partial charge is 0.350 e. The fourth-order valence-electron chi connectivity index (χ4n) is 3.10. The third-order valence-corrected chi connectivity index (χ3v) is 4.95. The van der Waals surface area contributed by atoms with Gasteiger partial charge in [-0.1, -0.05) is 37.3 Å². The number of carbonyl (C=O) groups excluding carboxylic acids is 5. The van der Waals surface area contributed by atoms with Crippen molar-refractivity contribution >= 4 is 29.9 Å². The topological polar surface area (TPSA) is 143 Å². The van der Waals surface area contributed by atoms with Crippen LogP contribution in [-0.4, -0.2) is 61.9 Å². The summed E-state index contributed by atoms with van der Waals surface area (Å²) < 4.78 is 5.53. The molecule has 0 saturated heterocycles. The number of Topliss-reactive ketones (excluding diaryl/α,β-unsaturated/α-hetero) is 1. The van der Waals surface area contributed by atoms with Crippen LogP contribution in [0.1, 0.15) is 31.7 Å². The Kier molecular flexibility index (Phi) is 10.3. The van der Waals surface area contributed by atoms with E-state index >= 15 is 0 Å². The van der Waals surface area contributed by atoms with Gasteiger partial charge in [0.05, 0.1) is 13.1 Å². The molecule has 10 heteroatoms. The average molecular weight is 447 g/mol. The van der Waals surface area contributed by atoms with Gasteiger partial charge in [-0.3, -0.25) is 24.0 Å². The molecule has 32 heavy (non-hydrogen) atoms. The van der Waals surface area contributed by atoms with Crippen molar-refractivity contribution in [1.29, 1.82) is 0 Å². The van der Waals surface area contributed by atoms with Crippen LogP contribution in [0.4, 0.5) is 0 Å². The summed E-state index contributed by atoms with van der Waals surface area (Å²) >= 11 is 0. The number of carbonyl (C=O) groups is 5. The summed E-state index contributed by atoms with van der Waals surface area (Å²) in [5.41, 5.74) is 0.820. The second-order valence-corrected chi connectivity index (χ2v) is 7.52. The molecule has 1 saturated carbocycles. The lowest BCUT2D eigenvalue weighted by atomic mass is 10.1. The van der Waals surface area contributed by atoms with Crippen LogP contribution in [0.3, 0.4) is 0 Å². The van der Waals surface area contributed by atoms with Crippen molar-refractivity contribution in [3.05, 3.63) is 35.9 Å². The number of amides is 4. The van der Waals surface area contributed by atoms with Gasteiger partial charge in [-0.05, 0) is 24.3 Å². The van der Waals surface area contributed by atoms with Crippen LogP contribution in [0.15, 0.2) is 30.3 Å². The molecule has 1 aromatic carbocycles. The highest BCUT2D eigenvalue weighted by Gasteiger charge is 2.36. The van der Waals surface area contributed by atoms with Crippen LogP contribution in [-0.2, 0) is 35.1 Å². The van der Waals surface area contributed by atoms with Gasteiger partial charge in [-0.25, -0.2) is 0 Å². The molecule has 0 bridgehead atoms. The van der Waals surface area contributed by atoms with Crippen molar-refractivity contribution < 1.29 is 28.7 Å². The Labute approximate surface area is 186 Å². The van der Waals surface area contributed by atoms with E-state index in [4.69, 9.17) is 4.74 Å². The van der Waals surface area contributed by atoms with Gasteiger partial charge in [0.1, 0.15) is 18.9 Å². The predicted molar refractivity (Wildman–Crippen MR) is 115 cm³/mol. The highest BCUT2D eigenvalue weighted by molar-refractivity contribution is 5.91. The number of hydrogen-bond donors (Lipinski definition) is 4. The van der Waals surface area contributed by atoms with E-state index in [0.29, 0.717) is 12.8 Å². The standard InChI is InChI=1S/C22H30N4O6/c1-2-18(28)21(16-8-9-16)32-14-25-19(29)12-24-22(31)17(26-20(30)11-23-13-27)10-15-6-4-3-5-7-15/h3-7,13,16-17,21H,2,8-12,14H2,1H3,(H,23,27)(H,24,31)(H,25,29)(H,26,30). The van der Waals surface area contributed by atoms with E-state index in [0.717, 1.165) is 18.4 Å². The van der Waals surface area contributed by atoms with Crippen LogP contribution in [0.25, 0.3) is 0 Å². The van der Waals surface area contributed by atoms with Gasteiger partial charge in [0.2, 0.25) is 24.1 Å². The Morgan fingerprint density at radius 3 is 2.41 bits per heavy atom. The Morgan fingerprint density at radius 1 is 1.06 bits per heavy atom. The molecule has 2 atom stereocenters. The van der Waals surface area contributed by atoms with E-state index in [1.54, 1.807) is 6.92 Å². The molecule has 0 heterocycles. The summed E-state index contributed by atoms with van der Waals surface area (Å²) in [6.07, 6.45) is 2.36. The van der Waals surface area contributed by atoms with E-state index in [1.807, 2.05) is 30.3 Å². The molecule has 0 aromatic heterocycles. The smallest absolute Gasteiger partial charge is 0.243 e. The van der Waals surface area contributed by atoms with Gasteiger partial charge in [0, 0.05) is 12.8 Å². The van der Waals surface area contributed by atoms with Gasteiger partial charge in [-0.2, -0.15) is 0 Å². The van der Waals surface area contributed by atoms with Crippen molar-refractivity contribution in [2.75, 3.05) is 19.8 Å². The Balaban J connectivity index is 1.82. The molecule has 4 amide bonds. The highest BCUT2D eigenvalue weighted by atomic mass is 16.5. The summed E-state index contributed by atoms with van der Waals surface area (Å²) in [6, 6.07) is 8.16. The lowest BCUT2D eigenvalue weighted by molar-refractivity contribution is -0.135. The zero-order valence-corrected chi connectivity index (χ0v) is 18.1. The number of ether oxygens (including phenoxy) is 1. The van der Waals surface area contributed by atoms with Crippen molar-refractivity contribution in [2.45, 2.75) is 44.8 Å². The number of rotatable bonds is 15. The van der Waals surface area contributed by atoms with Crippen LogP contribution in [0.2, 0.25) is 0 Å². The molecule has 0 spiro atoms. The molecule has 1 aromatic rings. The van der Waals surface area contributed by atoms with E-state index in [-0.39, 0.29) is 37.9 Å². The van der Waals surface area contributed by atoms with Crippen molar-refractivity contribution in [1.82, 2.24) is 21.3 Å². The van der Waals surface area contributed by atoms with Crippen LogP contribution < -0.4 is 21.3 Å². The Bertz CT molecular complexity index is 797. The maximum absolute atomic E-state index is 12.6. The monoisotopic (exact) mass is 446 g/mol. The van der Waals surface area contributed by atoms with Gasteiger partial charge in [-0.15, -0.1) is 0 Å². The summed E-state index contributed by atoms with van der Waals surface area (Å²) in [5, 5.41) is 9.81. The molecule has 0 radical (unpaired) electrons. The molecule has 1 fully saturated rings. The van der Waals surface area contributed by atoms with E-state index < -0.39 is 29.9 Å². The second-order valence-electron chi connectivity index (χ2n) is 7.52. The first-order valence-corrected chi connectivity index (χ1v) is 10.6. The van der Waals surface area contributed by atoms with Crippen LogP contribution >= 0.6 is 0 Å². The summed E-state index contributed by atoms with van der Waals surface area (Å²) in [5.74, 6) is -1.32. The fourth-order valence-corrected chi connectivity index (χ4v) is 3.10. The molecular formula is C22H30N4O6. The Hall–Kier alpha value is -3.27. The minimum Gasteiger partial charge on any atom is -0.350 e. The minimum atomic E-state index is -0.927. The highest BCUT2D eigenvalue weighted by Crippen LogP contribution is 2.35. The van der Waals surface area contributed by atoms with Crippen LogP contribution in [0.5, 0.6) is 0 Å². The molecule has 1 aliphatic rings. The zero-order chi connectivity index (χ0) is 23.3. The second kappa shape index (κ2) is 13.2. The molecule has 1 aliphatic carbocycles. The molecule has 10 nitrogen and oxygen atoms in total. The van der Waals surface area contributed by atoms with Crippen molar-refractivity contribution in [3.63, 3.8) is 0 Å². The SMILES string of the molecule is CCC(=O)C(OCNC(=O)CNC(=O)C(Cc1ccccc1)NC(=O)CNC=O)C1CC1. The van der Waals surface area contributed by atoms with Crippen molar-refractivity contribution in [3.8, 4) is 0 Å². The van der Waals surface area contributed by atoms with Gasteiger partial charge in [0.15, 0.2) is 5.78 Å². The van der Waals surface area contributed by atoms with Gasteiger partial charge >= 0.3 is 0 Å². The van der Waals surface area contributed by atoms with E-state index in [2.05, 4.69) is 21.3 Å². The number of nitrogens with one attached hydrogen (secondary N) is 4. The maximum atomic E-state index is 12.6. The molecule has 2 unspecified atom stereocenters. The lowest BCUT2D eigenvalue weighted by Gasteiger charge is -2.19. The summed E-state index contributed by atoms with van der Waals surface area (Å²) in [7, 11) is 0. The number of benzene rings is 1. The lowest BCUT2D eigenvalue weighted by Crippen LogP contribution is -2.51. The van der Waals surface area contributed by atoms with E-state index in [9.17, 15) is 24.0 Å². The predicted octanol–water partition coefficient (Wildman–Crippen LogP) is -0.576. The third kappa shape index (κ3) is 8.84. The number of ketones is 1. The van der Waals surface area contributed by atoms with Gasteiger partial charge in [0.25, 0.3) is 0 Å². The summed E-state index contributed by atoms with van der Waals surface area (Å²) in [6.45, 7) is 1.07. The Morgan fingerprint density at radius 2 is 1.78 bits per heavy atom. The first kappa shape index (κ1) is 25.0. The van der Waals surface area contributed by atoms with Gasteiger partial charge < -0.3 is 26.0 Å². The third-order valence-electron chi connectivity index (χ3n) is 4.95. The molecule has 4 N–H and O–H groups in total. The molecule has 0 aliphatic heterocycles. The average Bonchev–Trinajstić information content (AvgIpc) is 3.64. The maximum Gasteiger partial charge on any atom is 0.243 e. The normalized spacial score (nSPS) is 14.5. The molecular weight excluding hydrogens is 416 g/mol. The minimum absolute atomic E-state index is 0.0126. The molecule has 174 valence electrons. The molecule has 2 rings (SSSR count). The number of hydrogen-bond acceptors (Lipinski definition) is 6. The first-order valence-electron chi connectivity index (χ1n) is 10.6.